The summed E-state index contributed by atoms with van der Waals surface area (Å²) in [4.78, 5) is 14.8. The Morgan fingerprint density at radius 1 is 1.11 bits per heavy atom. The monoisotopic (exact) mass is 375 g/mol. The highest BCUT2D eigenvalue weighted by Crippen LogP contribution is 2.35. The van der Waals surface area contributed by atoms with Crippen molar-refractivity contribution in [2.24, 2.45) is 0 Å². The number of anilines is 1. The first-order valence-corrected chi connectivity index (χ1v) is 9.69. The minimum atomic E-state index is -0.114. The summed E-state index contributed by atoms with van der Waals surface area (Å²) in [6, 6.07) is 16.4. The van der Waals surface area contributed by atoms with E-state index in [1.54, 1.807) is 10.9 Å². The number of rotatable bonds is 4. The summed E-state index contributed by atoms with van der Waals surface area (Å²) in [6.45, 7) is 5.61. The van der Waals surface area contributed by atoms with Crippen LogP contribution < -0.4 is 5.32 Å². The van der Waals surface area contributed by atoms with Crippen molar-refractivity contribution in [3.05, 3.63) is 77.0 Å². The van der Waals surface area contributed by atoms with Gasteiger partial charge in [0.2, 0.25) is 0 Å². The number of aryl methyl sites for hydroxylation is 2. The number of nitrogens with zero attached hydrogens (tertiary/aromatic N) is 4. The Kier molecular flexibility index (Phi) is 5.10. The van der Waals surface area contributed by atoms with Gasteiger partial charge in [0.1, 0.15) is 0 Å². The molecule has 0 bridgehead atoms. The molecule has 1 aromatic heterocycles. The highest BCUT2D eigenvalue weighted by molar-refractivity contribution is 5.88. The second-order valence-corrected chi connectivity index (χ2v) is 7.37. The van der Waals surface area contributed by atoms with Crippen LogP contribution in [0, 0.1) is 13.8 Å². The highest BCUT2D eigenvalue weighted by atomic mass is 16.2. The Labute approximate surface area is 165 Å². The van der Waals surface area contributed by atoms with E-state index in [4.69, 9.17) is 0 Å². The largest absolute Gasteiger partial charge is 0.323 e. The maximum absolute atomic E-state index is 12.9. The molecule has 1 unspecified atom stereocenters. The lowest BCUT2D eigenvalue weighted by Crippen LogP contribution is -2.35. The topological polar surface area (TPSA) is 63.1 Å². The molecule has 6 nitrogen and oxygen atoms in total. The summed E-state index contributed by atoms with van der Waals surface area (Å²) in [6.07, 6.45) is 3.77. The van der Waals surface area contributed by atoms with Gasteiger partial charge in [-0.25, -0.2) is 9.48 Å². The number of carbonyl (C=O) groups excluding carboxylic acids is 1. The number of nitrogens with one attached hydrogen (secondary N) is 1. The number of carbonyl (C=O) groups is 1. The van der Waals surface area contributed by atoms with Gasteiger partial charge in [-0.05, 0) is 48.9 Å². The summed E-state index contributed by atoms with van der Waals surface area (Å²) in [5.41, 5.74) is 4.87. The molecule has 28 heavy (non-hydrogen) atoms. The van der Waals surface area contributed by atoms with Crippen molar-refractivity contribution in [3.63, 3.8) is 0 Å². The van der Waals surface area contributed by atoms with Crippen molar-refractivity contribution in [1.82, 2.24) is 19.9 Å². The van der Waals surface area contributed by atoms with E-state index >= 15 is 0 Å². The standard InChI is InChI=1S/C22H25N5O/c1-16-8-6-9-17(2)21(16)19-12-7-13-27(19)22(28)23-20-15-26(25-24-20)14-18-10-4-3-5-11-18/h3-6,8-11,15,19H,7,12-14H2,1-2H3,(H,23,28). The molecule has 3 aromatic rings. The first kappa shape index (κ1) is 18.2. The number of hydrogen-bond acceptors (Lipinski definition) is 3. The van der Waals surface area contributed by atoms with E-state index in [0.717, 1.165) is 24.9 Å². The van der Waals surface area contributed by atoms with Gasteiger partial charge in [-0.15, -0.1) is 5.10 Å². The lowest BCUT2D eigenvalue weighted by Gasteiger charge is -2.27. The fraction of sp³-hybridized carbons (Fsp3) is 0.318. The maximum Gasteiger partial charge on any atom is 0.323 e. The molecule has 0 radical (unpaired) electrons. The van der Waals surface area contributed by atoms with Gasteiger partial charge in [0, 0.05) is 6.54 Å². The number of urea groups is 1. The second kappa shape index (κ2) is 7.84. The van der Waals surface area contributed by atoms with E-state index in [2.05, 4.69) is 47.7 Å². The van der Waals surface area contributed by atoms with Gasteiger partial charge in [0.15, 0.2) is 5.82 Å². The van der Waals surface area contributed by atoms with Gasteiger partial charge in [-0.1, -0.05) is 53.7 Å². The first-order valence-electron chi connectivity index (χ1n) is 9.69. The Morgan fingerprint density at radius 3 is 2.61 bits per heavy atom. The van der Waals surface area contributed by atoms with Crippen LogP contribution in [0.4, 0.5) is 10.6 Å². The molecule has 4 rings (SSSR count). The molecule has 2 amide bonds. The van der Waals surface area contributed by atoms with Crippen LogP contribution in [0.3, 0.4) is 0 Å². The molecule has 2 heterocycles. The van der Waals surface area contributed by atoms with E-state index in [-0.39, 0.29) is 12.1 Å². The Bertz CT molecular complexity index is 946. The van der Waals surface area contributed by atoms with Crippen LogP contribution >= 0.6 is 0 Å². The minimum Gasteiger partial charge on any atom is -0.317 e. The van der Waals surface area contributed by atoms with Crippen LogP contribution in [0.15, 0.2) is 54.7 Å². The van der Waals surface area contributed by atoms with Crippen molar-refractivity contribution in [1.29, 1.82) is 0 Å². The van der Waals surface area contributed by atoms with Crippen molar-refractivity contribution in [2.75, 3.05) is 11.9 Å². The third-order valence-corrected chi connectivity index (χ3v) is 5.35. The zero-order valence-electron chi connectivity index (χ0n) is 16.3. The van der Waals surface area contributed by atoms with Crippen LogP contribution in [0.2, 0.25) is 0 Å². The molecule has 1 aliphatic heterocycles. The third kappa shape index (κ3) is 3.76. The molecule has 144 valence electrons. The number of likely N-dealkylation sites (tertiary alicyclic amines) is 1. The molecule has 1 N–H and O–H groups in total. The van der Waals surface area contributed by atoms with E-state index in [0.29, 0.717) is 12.4 Å². The number of amides is 2. The lowest BCUT2D eigenvalue weighted by atomic mass is 9.95. The summed E-state index contributed by atoms with van der Waals surface area (Å²) in [5.74, 6) is 0.480. The Morgan fingerprint density at radius 2 is 1.86 bits per heavy atom. The fourth-order valence-corrected chi connectivity index (χ4v) is 4.05. The molecular formula is C22H25N5O. The van der Waals surface area contributed by atoms with E-state index < -0.39 is 0 Å². The maximum atomic E-state index is 12.9. The van der Waals surface area contributed by atoms with Crippen LogP contribution in [0.25, 0.3) is 0 Å². The fourth-order valence-electron chi connectivity index (χ4n) is 4.05. The normalized spacial score (nSPS) is 16.4. The van der Waals surface area contributed by atoms with Crippen molar-refractivity contribution in [3.8, 4) is 0 Å². The SMILES string of the molecule is Cc1cccc(C)c1C1CCCN1C(=O)Nc1cn(Cc2ccccc2)nn1. The summed E-state index contributed by atoms with van der Waals surface area (Å²) in [5, 5.41) is 11.2. The molecular weight excluding hydrogens is 350 g/mol. The van der Waals surface area contributed by atoms with Gasteiger partial charge in [-0.3, -0.25) is 5.32 Å². The van der Waals surface area contributed by atoms with Crippen LogP contribution in [-0.4, -0.2) is 32.5 Å². The molecule has 0 aliphatic carbocycles. The van der Waals surface area contributed by atoms with Gasteiger partial charge < -0.3 is 4.90 Å². The summed E-state index contributed by atoms with van der Waals surface area (Å²) >= 11 is 0. The number of benzene rings is 2. The summed E-state index contributed by atoms with van der Waals surface area (Å²) < 4.78 is 1.73. The predicted molar refractivity (Wildman–Crippen MR) is 109 cm³/mol. The van der Waals surface area contributed by atoms with Crippen molar-refractivity contribution in [2.45, 2.75) is 39.3 Å². The van der Waals surface area contributed by atoms with Crippen molar-refractivity contribution >= 4 is 11.8 Å². The predicted octanol–water partition coefficient (Wildman–Crippen LogP) is 4.31. The van der Waals surface area contributed by atoms with E-state index in [9.17, 15) is 4.79 Å². The van der Waals surface area contributed by atoms with Crippen molar-refractivity contribution < 1.29 is 4.79 Å². The van der Waals surface area contributed by atoms with Gasteiger partial charge in [-0.2, -0.15) is 0 Å². The third-order valence-electron chi connectivity index (χ3n) is 5.35. The van der Waals surface area contributed by atoms with E-state index in [1.165, 1.54) is 16.7 Å². The zero-order valence-corrected chi connectivity index (χ0v) is 16.3. The highest BCUT2D eigenvalue weighted by Gasteiger charge is 2.32. The number of aromatic nitrogens is 3. The second-order valence-electron chi connectivity index (χ2n) is 7.37. The molecule has 0 saturated carbocycles. The average Bonchev–Trinajstić information content (AvgIpc) is 3.32. The summed E-state index contributed by atoms with van der Waals surface area (Å²) in [7, 11) is 0. The first-order chi connectivity index (χ1) is 13.6. The smallest absolute Gasteiger partial charge is 0.317 e. The number of hydrogen-bond donors (Lipinski definition) is 1. The molecule has 1 fully saturated rings. The quantitative estimate of drug-likeness (QED) is 0.739. The molecule has 1 atom stereocenters. The molecule has 1 aliphatic rings. The minimum absolute atomic E-state index is 0.112. The molecule has 2 aromatic carbocycles. The van der Waals surface area contributed by atoms with Crippen LogP contribution in [0.1, 0.15) is 41.1 Å². The molecule has 6 heteroatoms. The Balaban J connectivity index is 1.46. The van der Waals surface area contributed by atoms with Gasteiger partial charge in [0.25, 0.3) is 0 Å². The molecule has 0 spiro atoms. The lowest BCUT2D eigenvalue weighted by molar-refractivity contribution is 0.206. The average molecular weight is 375 g/mol. The van der Waals surface area contributed by atoms with E-state index in [1.807, 2.05) is 35.2 Å². The van der Waals surface area contributed by atoms with Crippen LogP contribution in [0.5, 0.6) is 0 Å². The zero-order chi connectivity index (χ0) is 19.5. The van der Waals surface area contributed by atoms with Gasteiger partial charge >= 0.3 is 6.03 Å². The molecule has 1 saturated heterocycles. The van der Waals surface area contributed by atoms with Crippen LogP contribution in [-0.2, 0) is 6.54 Å². The Hall–Kier alpha value is -3.15. The van der Waals surface area contributed by atoms with Gasteiger partial charge in [0.05, 0.1) is 18.8 Å².